The minimum Gasteiger partial charge on any atom is -0.493 e. The number of nitrogens with zero attached hydrogens (tertiary/aromatic N) is 2. The number of halogens is 1. The molecule has 1 aliphatic carbocycles. The van der Waals surface area contributed by atoms with Gasteiger partial charge in [0.05, 0.1) is 20.8 Å². The van der Waals surface area contributed by atoms with Gasteiger partial charge in [0.25, 0.3) is 0 Å². The average Bonchev–Trinajstić information content (AvgIpc) is 3.26. The maximum Gasteiger partial charge on any atom is 0.213 e. The molecule has 0 spiro atoms. The molecule has 1 heterocycles. The van der Waals surface area contributed by atoms with Crippen molar-refractivity contribution in [2.24, 2.45) is 4.99 Å². The van der Waals surface area contributed by atoms with Crippen molar-refractivity contribution in [3.8, 4) is 17.4 Å². The number of aliphatic imine (C=N–C) groups is 1. The molecule has 2 aromatic rings. The molecular weight excluding hydrogens is 495 g/mol. The highest BCUT2D eigenvalue weighted by atomic mass is 127. The molecular formula is C22H31IN4O3. The van der Waals surface area contributed by atoms with E-state index in [1.165, 1.54) is 12.8 Å². The Morgan fingerprint density at radius 2 is 1.87 bits per heavy atom. The lowest BCUT2D eigenvalue weighted by atomic mass is 10.2. The standard InChI is InChI=1S/C22H30N4O3.HI/c1-4-23-22(26-17-10-11-19(27-2)20(13-17)28-3)25-15-16-9-12-21(24-14-16)29-18-7-5-6-8-18;/h9-14,18H,4-8,15H2,1-3H3,(H2,23,25,26);1H. The van der Waals surface area contributed by atoms with Crippen LogP contribution in [0.4, 0.5) is 5.69 Å². The largest absolute Gasteiger partial charge is 0.493 e. The first-order valence-electron chi connectivity index (χ1n) is 10.1. The number of hydrogen-bond donors (Lipinski definition) is 2. The summed E-state index contributed by atoms with van der Waals surface area (Å²) in [7, 11) is 3.24. The first-order chi connectivity index (χ1) is 14.2. The second kappa shape index (κ2) is 12.5. The van der Waals surface area contributed by atoms with E-state index < -0.39 is 0 Å². The third-order valence-corrected chi connectivity index (χ3v) is 4.80. The minimum atomic E-state index is 0. The molecule has 0 amide bonds. The summed E-state index contributed by atoms with van der Waals surface area (Å²) in [5.41, 5.74) is 1.88. The Kier molecular flexibility index (Phi) is 9.99. The van der Waals surface area contributed by atoms with Gasteiger partial charge in [-0.05, 0) is 50.3 Å². The van der Waals surface area contributed by atoms with Crippen LogP contribution in [0, 0.1) is 0 Å². The fourth-order valence-corrected chi connectivity index (χ4v) is 3.28. The van der Waals surface area contributed by atoms with E-state index in [0.717, 1.165) is 30.6 Å². The number of hydrogen-bond acceptors (Lipinski definition) is 5. The van der Waals surface area contributed by atoms with Gasteiger partial charge in [-0.1, -0.05) is 6.07 Å². The van der Waals surface area contributed by atoms with E-state index >= 15 is 0 Å². The van der Waals surface area contributed by atoms with E-state index in [1.807, 2.05) is 43.5 Å². The number of aromatic nitrogens is 1. The molecule has 0 aliphatic heterocycles. The first kappa shape index (κ1) is 24.0. The summed E-state index contributed by atoms with van der Waals surface area (Å²) in [6.07, 6.45) is 6.89. The highest BCUT2D eigenvalue weighted by molar-refractivity contribution is 14.0. The quantitative estimate of drug-likeness (QED) is 0.297. The summed E-state index contributed by atoms with van der Waals surface area (Å²) in [5, 5.41) is 6.54. The molecule has 7 nitrogen and oxygen atoms in total. The smallest absolute Gasteiger partial charge is 0.213 e. The van der Waals surface area contributed by atoms with Gasteiger partial charge in [0.2, 0.25) is 5.88 Å². The fraction of sp³-hybridized carbons (Fsp3) is 0.455. The van der Waals surface area contributed by atoms with E-state index in [-0.39, 0.29) is 24.0 Å². The monoisotopic (exact) mass is 526 g/mol. The van der Waals surface area contributed by atoms with Crippen LogP contribution in [0.2, 0.25) is 0 Å². The Hall–Kier alpha value is -2.23. The van der Waals surface area contributed by atoms with Gasteiger partial charge in [-0.15, -0.1) is 24.0 Å². The second-order valence-corrected chi connectivity index (χ2v) is 6.92. The highest BCUT2D eigenvalue weighted by Gasteiger charge is 2.16. The summed E-state index contributed by atoms with van der Waals surface area (Å²) in [4.78, 5) is 9.08. The SMILES string of the molecule is CCNC(=NCc1ccc(OC2CCCC2)nc1)Nc1ccc(OC)c(OC)c1.I. The number of anilines is 1. The number of pyridine rings is 1. The van der Waals surface area contributed by atoms with Crippen molar-refractivity contribution < 1.29 is 14.2 Å². The molecule has 164 valence electrons. The zero-order chi connectivity index (χ0) is 20.5. The average molecular weight is 526 g/mol. The minimum absolute atomic E-state index is 0. The van der Waals surface area contributed by atoms with Crippen molar-refractivity contribution in [2.75, 3.05) is 26.1 Å². The summed E-state index contributed by atoms with van der Waals surface area (Å²) >= 11 is 0. The predicted octanol–water partition coefficient (Wildman–Crippen LogP) is 4.62. The lowest BCUT2D eigenvalue weighted by Crippen LogP contribution is -2.30. The van der Waals surface area contributed by atoms with Crippen LogP contribution in [0.1, 0.15) is 38.2 Å². The Bertz CT molecular complexity index is 809. The number of guanidine groups is 1. The number of ether oxygens (including phenoxy) is 3. The van der Waals surface area contributed by atoms with Crippen LogP contribution in [0.5, 0.6) is 17.4 Å². The lowest BCUT2D eigenvalue weighted by Gasteiger charge is -2.14. The fourth-order valence-electron chi connectivity index (χ4n) is 3.28. The van der Waals surface area contributed by atoms with E-state index in [9.17, 15) is 0 Å². The van der Waals surface area contributed by atoms with Gasteiger partial charge >= 0.3 is 0 Å². The van der Waals surface area contributed by atoms with E-state index in [0.29, 0.717) is 36.0 Å². The Morgan fingerprint density at radius 3 is 2.50 bits per heavy atom. The van der Waals surface area contributed by atoms with Crippen LogP contribution >= 0.6 is 24.0 Å². The van der Waals surface area contributed by atoms with Crippen molar-refractivity contribution in [2.45, 2.75) is 45.3 Å². The molecule has 1 aromatic carbocycles. The predicted molar refractivity (Wildman–Crippen MR) is 131 cm³/mol. The summed E-state index contributed by atoms with van der Waals surface area (Å²) in [6, 6.07) is 9.60. The van der Waals surface area contributed by atoms with Gasteiger partial charge in [0.15, 0.2) is 17.5 Å². The molecule has 30 heavy (non-hydrogen) atoms. The Morgan fingerprint density at radius 1 is 1.10 bits per heavy atom. The van der Waals surface area contributed by atoms with Gasteiger partial charge in [-0.25, -0.2) is 9.98 Å². The van der Waals surface area contributed by atoms with Crippen molar-refractivity contribution in [1.82, 2.24) is 10.3 Å². The molecule has 8 heteroatoms. The molecule has 3 rings (SSSR count). The normalized spacial score (nSPS) is 14.0. The van der Waals surface area contributed by atoms with Crippen LogP contribution < -0.4 is 24.8 Å². The number of benzene rings is 1. The third kappa shape index (κ3) is 6.93. The number of rotatable bonds is 8. The third-order valence-electron chi connectivity index (χ3n) is 4.80. The molecule has 1 aliphatic rings. The van der Waals surface area contributed by atoms with E-state index in [1.54, 1.807) is 14.2 Å². The van der Waals surface area contributed by atoms with Crippen molar-refractivity contribution in [3.63, 3.8) is 0 Å². The van der Waals surface area contributed by atoms with Gasteiger partial charge in [0.1, 0.15) is 6.10 Å². The molecule has 1 aromatic heterocycles. The van der Waals surface area contributed by atoms with Crippen molar-refractivity contribution in [3.05, 3.63) is 42.1 Å². The molecule has 0 saturated heterocycles. The van der Waals surface area contributed by atoms with Crippen LogP contribution in [0.25, 0.3) is 0 Å². The van der Waals surface area contributed by atoms with Gasteiger partial charge in [-0.3, -0.25) is 0 Å². The zero-order valence-corrected chi connectivity index (χ0v) is 20.1. The summed E-state index contributed by atoms with van der Waals surface area (Å²) in [6.45, 7) is 3.30. The Balaban J connectivity index is 0.00000320. The van der Waals surface area contributed by atoms with E-state index in [2.05, 4.69) is 20.6 Å². The molecule has 0 atom stereocenters. The highest BCUT2D eigenvalue weighted by Crippen LogP contribution is 2.29. The Labute approximate surface area is 195 Å². The zero-order valence-electron chi connectivity index (χ0n) is 17.8. The second-order valence-electron chi connectivity index (χ2n) is 6.92. The molecule has 0 radical (unpaired) electrons. The van der Waals surface area contributed by atoms with Crippen molar-refractivity contribution >= 4 is 35.6 Å². The van der Waals surface area contributed by atoms with Gasteiger partial charge < -0.3 is 24.8 Å². The van der Waals surface area contributed by atoms with Crippen LogP contribution in [0.15, 0.2) is 41.5 Å². The number of methoxy groups -OCH3 is 2. The van der Waals surface area contributed by atoms with Gasteiger partial charge in [-0.2, -0.15) is 0 Å². The summed E-state index contributed by atoms with van der Waals surface area (Å²) < 4.78 is 16.6. The van der Waals surface area contributed by atoms with Crippen LogP contribution in [-0.2, 0) is 6.54 Å². The number of nitrogens with one attached hydrogen (secondary N) is 2. The molecule has 1 saturated carbocycles. The summed E-state index contributed by atoms with van der Waals surface area (Å²) in [5.74, 6) is 2.73. The topological polar surface area (TPSA) is 77.0 Å². The van der Waals surface area contributed by atoms with Gasteiger partial charge in [0, 0.05) is 30.6 Å². The molecule has 0 bridgehead atoms. The van der Waals surface area contributed by atoms with Crippen molar-refractivity contribution in [1.29, 1.82) is 0 Å². The maximum atomic E-state index is 5.92. The lowest BCUT2D eigenvalue weighted by molar-refractivity contribution is 0.201. The molecule has 1 fully saturated rings. The first-order valence-corrected chi connectivity index (χ1v) is 10.1. The molecule has 0 unspecified atom stereocenters. The maximum absolute atomic E-state index is 5.92. The molecule has 2 N–H and O–H groups in total. The van der Waals surface area contributed by atoms with Crippen LogP contribution in [-0.4, -0.2) is 37.8 Å². The van der Waals surface area contributed by atoms with E-state index in [4.69, 9.17) is 14.2 Å². The van der Waals surface area contributed by atoms with Crippen LogP contribution in [0.3, 0.4) is 0 Å².